The smallest absolute Gasteiger partial charge is 0.256 e. The topological polar surface area (TPSA) is 58.4 Å². The molecule has 0 atom stereocenters. The number of likely N-dealkylation sites (N-methyl/N-ethyl adjacent to an activating group) is 1. The van der Waals surface area contributed by atoms with Crippen molar-refractivity contribution in [2.45, 2.75) is 57.6 Å². The Bertz CT molecular complexity index is 482. The van der Waals surface area contributed by atoms with Gasteiger partial charge in [-0.1, -0.05) is 12.8 Å². The minimum absolute atomic E-state index is 0.0826. The van der Waals surface area contributed by atoms with Crippen molar-refractivity contribution in [1.29, 1.82) is 0 Å². The lowest BCUT2D eigenvalue weighted by Crippen LogP contribution is -2.42. The number of amides is 1. The van der Waals surface area contributed by atoms with Gasteiger partial charge in [0, 0.05) is 19.8 Å². The summed E-state index contributed by atoms with van der Waals surface area (Å²) in [5, 5.41) is 14.6. The Hall–Kier alpha value is -1.36. The number of hydrogen-bond donors (Lipinski definition) is 1. The second-order valence-electron chi connectivity index (χ2n) is 6.94. The van der Waals surface area contributed by atoms with E-state index < -0.39 is 5.60 Å². The summed E-state index contributed by atoms with van der Waals surface area (Å²) in [5.41, 5.74) is -0.269. The summed E-state index contributed by atoms with van der Waals surface area (Å²) >= 11 is 0. The van der Waals surface area contributed by atoms with Crippen LogP contribution in [0.4, 0.5) is 0 Å². The molecular formula is C15H25N3O2. The lowest BCUT2D eigenvalue weighted by atomic mass is 10.0. The highest BCUT2D eigenvalue weighted by Crippen LogP contribution is 2.30. The lowest BCUT2D eigenvalue weighted by Gasteiger charge is -2.28. The van der Waals surface area contributed by atoms with Gasteiger partial charge in [-0.2, -0.15) is 5.10 Å². The predicted octanol–water partition coefficient (Wildman–Crippen LogP) is 2.02. The number of aromatic nitrogens is 2. The van der Waals surface area contributed by atoms with Gasteiger partial charge in [-0.15, -0.1) is 0 Å². The summed E-state index contributed by atoms with van der Waals surface area (Å²) in [4.78, 5) is 14.0. The summed E-state index contributed by atoms with van der Waals surface area (Å²) in [5.74, 6) is -0.0826. The SMILES string of the molecule is CN(CC1(O)CCCC1)C(=O)c1cnn(C(C)(C)C)c1. The van der Waals surface area contributed by atoms with Crippen molar-refractivity contribution < 1.29 is 9.90 Å². The molecule has 5 nitrogen and oxygen atoms in total. The van der Waals surface area contributed by atoms with Crippen molar-refractivity contribution in [3.63, 3.8) is 0 Å². The minimum Gasteiger partial charge on any atom is -0.388 e. The van der Waals surface area contributed by atoms with Crippen LogP contribution in [0.15, 0.2) is 12.4 Å². The number of rotatable bonds is 3. The first-order chi connectivity index (χ1) is 9.21. The van der Waals surface area contributed by atoms with E-state index in [-0.39, 0.29) is 11.4 Å². The number of nitrogens with zero attached hydrogens (tertiary/aromatic N) is 3. The molecule has 1 heterocycles. The van der Waals surface area contributed by atoms with Gasteiger partial charge in [0.25, 0.3) is 5.91 Å². The Morgan fingerprint density at radius 1 is 1.45 bits per heavy atom. The average Bonchev–Trinajstić information content (AvgIpc) is 2.96. The molecule has 0 aromatic carbocycles. The largest absolute Gasteiger partial charge is 0.388 e. The van der Waals surface area contributed by atoms with E-state index >= 15 is 0 Å². The first-order valence-corrected chi connectivity index (χ1v) is 7.24. The van der Waals surface area contributed by atoms with E-state index in [9.17, 15) is 9.90 Å². The van der Waals surface area contributed by atoms with Crippen LogP contribution in [-0.2, 0) is 5.54 Å². The number of aliphatic hydroxyl groups is 1. The molecule has 5 heteroatoms. The second-order valence-corrected chi connectivity index (χ2v) is 6.94. The lowest BCUT2D eigenvalue weighted by molar-refractivity contribution is 0.0156. The Kier molecular flexibility index (Phi) is 3.91. The molecule has 1 N–H and O–H groups in total. The van der Waals surface area contributed by atoms with Crippen molar-refractivity contribution in [3.05, 3.63) is 18.0 Å². The Balaban J connectivity index is 2.05. The van der Waals surface area contributed by atoms with Crippen LogP contribution < -0.4 is 0 Å². The van der Waals surface area contributed by atoms with Crippen molar-refractivity contribution >= 4 is 5.91 Å². The number of carbonyl (C=O) groups is 1. The molecule has 1 saturated carbocycles. The summed E-state index contributed by atoms with van der Waals surface area (Å²) in [6, 6.07) is 0. The highest BCUT2D eigenvalue weighted by atomic mass is 16.3. The third kappa shape index (κ3) is 3.20. The molecule has 0 spiro atoms. The van der Waals surface area contributed by atoms with Gasteiger partial charge in [-0.3, -0.25) is 9.48 Å². The molecule has 1 aromatic heterocycles. The molecule has 112 valence electrons. The van der Waals surface area contributed by atoms with Gasteiger partial charge in [-0.05, 0) is 33.6 Å². The maximum absolute atomic E-state index is 12.4. The van der Waals surface area contributed by atoms with Gasteiger partial charge >= 0.3 is 0 Å². The van der Waals surface area contributed by atoms with Gasteiger partial charge in [0.2, 0.25) is 0 Å². The maximum atomic E-state index is 12.4. The summed E-state index contributed by atoms with van der Waals surface area (Å²) < 4.78 is 1.79. The van der Waals surface area contributed by atoms with Crippen LogP contribution in [0.2, 0.25) is 0 Å². The molecule has 1 amide bonds. The molecule has 0 aliphatic heterocycles. The van der Waals surface area contributed by atoms with E-state index in [1.807, 2.05) is 20.8 Å². The Morgan fingerprint density at radius 2 is 2.05 bits per heavy atom. The molecule has 0 unspecified atom stereocenters. The van der Waals surface area contributed by atoms with Crippen LogP contribution in [-0.4, -0.2) is 44.9 Å². The van der Waals surface area contributed by atoms with Crippen molar-refractivity contribution in [3.8, 4) is 0 Å². The Labute approximate surface area is 120 Å². The molecule has 1 aliphatic rings. The summed E-state index contributed by atoms with van der Waals surface area (Å²) in [6.07, 6.45) is 7.03. The molecule has 1 aromatic rings. The standard InChI is InChI=1S/C15H25N3O2/c1-14(2,3)18-10-12(9-16-18)13(19)17(4)11-15(20)7-5-6-8-15/h9-10,20H,5-8,11H2,1-4H3. The molecule has 0 bridgehead atoms. The number of carbonyl (C=O) groups excluding carboxylic acids is 1. The Morgan fingerprint density at radius 3 is 2.55 bits per heavy atom. The number of hydrogen-bond acceptors (Lipinski definition) is 3. The summed E-state index contributed by atoms with van der Waals surface area (Å²) in [7, 11) is 1.74. The van der Waals surface area contributed by atoms with E-state index in [0.29, 0.717) is 12.1 Å². The molecular weight excluding hydrogens is 254 g/mol. The van der Waals surface area contributed by atoms with E-state index in [1.165, 1.54) is 0 Å². The quantitative estimate of drug-likeness (QED) is 0.921. The van der Waals surface area contributed by atoms with Gasteiger partial charge in [0.05, 0.1) is 22.9 Å². The van der Waals surface area contributed by atoms with E-state index in [0.717, 1.165) is 25.7 Å². The van der Waals surface area contributed by atoms with Crippen LogP contribution in [0.3, 0.4) is 0 Å². The van der Waals surface area contributed by atoms with Crippen molar-refractivity contribution in [1.82, 2.24) is 14.7 Å². The molecule has 0 saturated heterocycles. The minimum atomic E-state index is -0.704. The third-order valence-corrected chi connectivity index (χ3v) is 3.93. The van der Waals surface area contributed by atoms with Crippen LogP contribution >= 0.6 is 0 Å². The van der Waals surface area contributed by atoms with Crippen LogP contribution in [0, 0.1) is 0 Å². The fourth-order valence-corrected chi connectivity index (χ4v) is 2.72. The van der Waals surface area contributed by atoms with Crippen molar-refractivity contribution in [2.24, 2.45) is 0 Å². The van der Waals surface area contributed by atoms with Gasteiger partial charge in [0.15, 0.2) is 0 Å². The average molecular weight is 279 g/mol. The van der Waals surface area contributed by atoms with Crippen LogP contribution in [0.25, 0.3) is 0 Å². The zero-order valence-corrected chi connectivity index (χ0v) is 12.9. The fraction of sp³-hybridized carbons (Fsp3) is 0.733. The molecule has 2 rings (SSSR count). The van der Waals surface area contributed by atoms with Crippen LogP contribution in [0.1, 0.15) is 56.8 Å². The predicted molar refractivity (Wildman–Crippen MR) is 77.6 cm³/mol. The van der Waals surface area contributed by atoms with E-state index in [2.05, 4.69) is 5.10 Å². The van der Waals surface area contributed by atoms with Gasteiger partial charge < -0.3 is 10.0 Å². The molecule has 0 radical (unpaired) electrons. The second kappa shape index (κ2) is 5.20. The highest BCUT2D eigenvalue weighted by molar-refractivity contribution is 5.93. The molecule has 1 aliphatic carbocycles. The summed E-state index contributed by atoms with van der Waals surface area (Å²) in [6.45, 7) is 6.52. The zero-order valence-electron chi connectivity index (χ0n) is 12.9. The van der Waals surface area contributed by atoms with Gasteiger partial charge in [0.1, 0.15) is 0 Å². The molecule has 1 fully saturated rings. The highest BCUT2D eigenvalue weighted by Gasteiger charge is 2.33. The van der Waals surface area contributed by atoms with E-state index in [1.54, 1.807) is 29.0 Å². The molecule has 20 heavy (non-hydrogen) atoms. The third-order valence-electron chi connectivity index (χ3n) is 3.93. The zero-order chi connectivity index (χ0) is 15.0. The first kappa shape index (κ1) is 15.0. The fourth-order valence-electron chi connectivity index (χ4n) is 2.72. The van der Waals surface area contributed by atoms with Crippen molar-refractivity contribution in [2.75, 3.05) is 13.6 Å². The van der Waals surface area contributed by atoms with Gasteiger partial charge in [-0.25, -0.2) is 0 Å². The normalized spacial score (nSPS) is 18.2. The van der Waals surface area contributed by atoms with E-state index in [4.69, 9.17) is 0 Å². The van der Waals surface area contributed by atoms with Crippen LogP contribution in [0.5, 0.6) is 0 Å². The maximum Gasteiger partial charge on any atom is 0.256 e. The monoisotopic (exact) mass is 279 g/mol. The first-order valence-electron chi connectivity index (χ1n) is 7.24.